The lowest BCUT2D eigenvalue weighted by Gasteiger charge is -2.38. The van der Waals surface area contributed by atoms with Crippen LogP contribution in [-0.2, 0) is 0 Å². The average Bonchev–Trinajstić information content (AvgIpc) is 2.77. The van der Waals surface area contributed by atoms with Crippen molar-refractivity contribution in [2.45, 2.75) is 64.0 Å². The minimum Gasteiger partial charge on any atom is -0.371 e. The molecule has 0 spiro atoms. The predicted octanol–water partition coefficient (Wildman–Crippen LogP) is 5.69. The van der Waals surface area contributed by atoms with E-state index >= 15 is 0 Å². The predicted molar refractivity (Wildman–Crippen MR) is 121 cm³/mol. The molecule has 3 heteroatoms. The summed E-state index contributed by atoms with van der Waals surface area (Å²) in [6.07, 6.45) is 8.09. The molecule has 29 heavy (non-hydrogen) atoms. The summed E-state index contributed by atoms with van der Waals surface area (Å²) < 4.78 is 0. The largest absolute Gasteiger partial charge is 0.371 e. The van der Waals surface area contributed by atoms with Crippen LogP contribution < -0.4 is 10.2 Å². The molecule has 1 aliphatic carbocycles. The molecule has 0 atom stereocenters. The minimum absolute atomic E-state index is 0.639. The van der Waals surface area contributed by atoms with Gasteiger partial charge in [-0.1, -0.05) is 42.5 Å². The Morgan fingerprint density at radius 3 is 2.28 bits per heavy atom. The van der Waals surface area contributed by atoms with E-state index in [1.54, 1.807) is 0 Å². The third-order valence-electron chi connectivity index (χ3n) is 6.92. The first-order chi connectivity index (χ1) is 14.2. The monoisotopic (exact) mass is 387 g/mol. The van der Waals surface area contributed by atoms with Crippen molar-refractivity contribution in [1.82, 2.24) is 5.32 Å². The van der Waals surface area contributed by atoms with E-state index in [0.717, 1.165) is 19.5 Å². The zero-order chi connectivity index (χ0) is 20.1. The van der Waals surface area contributed by atoms with Crippen molar-refractivity contribution in [3.8, 4) is 17.2 Å². The molecule has 3 nitrogen and oxygen atoms in total. The average molecular weight is 388 g/mol. The van der Waals surface area contributed by atoms with Gasteiger partial charge in [0.15, 0.2) is 0 Å². The summed E-state index contributed by atoms with van der Waals surface area (Å²) in [5.41, 5.74) is 5.43. The molecule has 0 amide bonds. The minimum atomic E-state index is 0.639. The molecular weight excluding hydrogens is 354 g/mol. The third kappa shape index (κ3) is 4.82. The summed E-state index contributed by atoms with van der Waals surface area (Å²) in [5.74, 6) is 0.639. The first kappa shape index (κ1) is 20.0. The molecule has 1 saturated carbocycles. The maximum Gasteiger partial charge on any atom is 0.0624 e. The summed E-state index contributed by atoms with van der Waals surface area (Å²) in [7, 11) is 0. The van der Waals surface area contributed by atoms with Crippen molar-refractivity contribution in [3.05, 3.63) is 54.1 Å². The highest BCUT2D eigenvalue weighted by atomic mass is 15.2. The SMILES string of the molecule is Cc1c(-c2ccccc2)cccc1N1CCC(NC2CCC(CC#N)CC2)CC1. The van der Waals surface area contributed by atoms with Crippen LogP contribution in [0.3, 0.4) is 0 Å². The van der Waals surface area contributed by atoms with Gasteiger partial charge in [0.2, 0.25) is 0 Å². The van der Waals surface area contributed by atoms with Gasteiger partial charge in [0.05, 0.1) is 6.07 Å². The van der Waals surface area contributed by atoms with Crippen LogP contribution in [0.5, 0.6) is 0 Å². The molecule has 4 rings (SSSR count). The molecule has 0 bridgehead atoms. The van der Waals surface area contributed by atoms with E-state index in [0.29, 0.717) is 18.0 Å². The van der Waals surface area contributed by atoms with Crippen LogP contribution in [0.25, 0.3) is 11.1 Å². The summed E-state index contributed by atoms with van der Waals surface area (Å²) in [4.78, 5) is 2.57. The second kappa shape index (κ2) is 9.46. The maximum absolute atomic E-state index is 8.90. The lowest BCUT2D eigenvalue weighted by atomic mass is 9.84. The van der Waals surface area contributed by atoms with Gasteiger partial charge in [-0.05, 0) is 74.1 Å². The molecule has 0 radical (unpaired) electrons. The highest BCUT2D eigenvalue weighted by Crippen LogP contribution is 2.32. The Bertz CT molecular complexity index is 823. The second-order valence-electron chi connectivity index (χ2n) is 8.82. The van der Waals surface area contributed by atoms with Gasteiger partial charge in [-0.3, -0.25) is 0 Å². The summed E-state index contributed by atoms with van der Waals surface area (Å²) in [5, 5.41) is 12.8. The number of nitrogens with one attached hydrogen (secondary N) is 1. The van der Waals surface area contributed by atoms with Gasteiger partial charge in [0.25, 0.3) is 0 Å². The van der Waals surface area contributed by atoms with E-state index in [1.807, 2.05) is 0 Å². The van der Waals surface area contributed by atoms with E-state index in [9.17, 15) is 0 Å². The number of hydrogen-bond acceptors (Lipinski definition) is 3. The Hall–Kier alpha value is -2.31. The van der Waals surface area contributed by atoms with Crippen molar-refractivity contribution in [2.75, 3.05) is 18.0 Å². The molecule has 0 aromatic heterocycles. The van der Waals surface area contributed by atoms with Gasteiger partial charge in [-0.2, -0.15) is 5.26 Å². The molecule has 1 aliphatic heterocycles. The molecule has 2 aromatic carbocycles. The summed E-state index contributed by atoms with van der Waals surface area (Å²) in [6.45, 7) is 4.52. The lowest BCUT2D eigenvalue weighted by Crippen LogP contribution is -2.47. The second-order valence-corrected chi connectivity index (χ2v) is 8.82. The van der Waals surface area contributed by atoms with Gasteiger partial charge < -0.3 is 10.2 Å². The number of benzene rings is 2. The molecule has 1 saturated heterocycles. The fraction of sp³-hybridized carbons (Fsp3) is 0.500. The molecule has 2 fully saturated rings. The van der Waals surface area contributed by atoms with Crippen LogP contribution >= 0.6 is 0 Å². The van der Waals surface area contributed by atoms with Crippen molar-refractivity contribution in [3.63, 3.8) is 0 Å². The van der Waals surface area contributed by atoms with Gasteiger partial charge in [-0.15, -0.1) is 0 Å². The number of nitrogens with zero attached hydrogens (tertiary/aromatic N) is 2. The zero-order valence-corrected chi connectivity index (χ0v) is 17.6. The molecular formula is C26H33N3. The van der Waals surface area contributed by atoms with E-state index in [2.05, 4.69) is 71.7 Å². The fourth-order valence-corrected chi connectivity index (χ4v) is 5.18. The number of nitriles is 1. The van der Waals surface area contributed by atoms with Crippen molar-refractivity contribution in [1.29, 1.82) is 5.26 Å². The van der Waals surface area contributed by atoms with Gasteiger partial charge in [-0.25, -0.2) is 0 Å². The Balaban J connectivity index is 1.33. The van der Waals surface area contributed by atoms with Crippen molar-refractivity contribution < 1.29 is 0 Å². The van der Waals surface area contributed by atoms with E-state index in [4.69, 9.17) is 5.26 Å². The number of piperidine rings is 1. The Morgan fingerprint density at radius 1 is 0.897 bits per heavy atom. The zero-order valence-electron chi connectivity index (χ0n) is 17.6. The van der Waals surface area contributed by atoms with Gasteiger partial charge in [0, 0.05) is 37.3 Å². The molecule has 0 unspecified atom stereocenters. The Kier molecular flexibility index (Phi) is 6.52. The molecule has 152 valence electrons. The van der Waals surface area contributed by atoms with Gasteiger partial charge in [0.1, 0.15) is 0 Å². The van der Waals surface area contributed by atoms with Crippen LogP contribution in [0.15, 0.2) is 48.5 Å². The van der Waals surface area contributed by atoms with Gasteiger partial charge >= 0.3 is 0 Å². The number of anilines is 1. The van der Waals surface area contributed by atoms with E-state index in [-0.39, 0.29) is 0 Å². The van der Waals surface area contributed by atoms with Crippen LogP contribution in [0.4, 0.5) is 5.69 Å². The molecule has 1 heterocycles. The van der Waals surface area contributed by atoms with E-state index in [1.165, 1.54) is 60.9 Å². The number of hydrogen-bond donors (Lipinski definition) is 1. The number of rotatable bonds is 5. The molecule has 2 aromatic rings. The topological polar surface area (TPSA) is 39.1 Å². The Labute approximate surface area is 175 Å². The summed E-state index contributed by atoms with van der Waals surface area (Å²) in [6, 6.07) is 21.1. The lowest BCUT2D eigenvalue weighted by molar-refractivity contribution is 0.262. The molecule has 2 aliphatic rings. The van der Waals surface area contributed by atoms with Crippen LogP contribution in [0.1, 0.15) is 50.5 Å². The van der Waals surface area contributed by atoms with Crippen molar-refractivity contribution >= 4 is 5.69 Å². The third-order valence-corrected chi connectivity index (χ3v) is 6.92. The standard InChI is InChI=1S/C26H33N3/c1-20-25(22-6-3-2-4-7-22)8-5-9-26(20)29-18-15-24(16-19-29)28-23-12-10-21(11-13-23)14-17-27/h2-9,21,23-24,28H,10-16,18-19H2,1H3. The quantitative estimate of drug-likeness (QED) is 0.716. The van der Waals surface area contributed by atoms with Crippen molar-refractivity contribution in [2.24, 2.45) is 5.92 Å². The fourth-order valence-electron chi connectivity index (χ4n) is 5.18. The highest BCUT2D eigenvalue weighted by molar-refractivity contribution is 5.74. The summed E-state index contributed by atoms with van der Waals surface area (Å²) >= 11 is 0. The maximum atomic E-state index is 8.90. The van der Waals surface area contributed by atoms with E-state index < -0.39 is 0 Å². The first-order valence-corrected chi connectivity index (χ1v) is 11.3. The first-order valence-electron chi connectivity index (χ1n) is 11.3. The Morgan fingerprint density at radius 2 is 1.59 bits per heavy atom. The van der Waals surface area contributed by atoms with Crippen LogP contribution in [0, 0.1) is 24.2 Å². The van der Waals surface area contributed by atoms with Crippen LogP contribution in [0.2, 0.25) is 0 Å². The smallest absolute Gasteiger partial charge is 0.0624 e. The highest BCUT2D eigenvalue weighted by Gasteiger charge is 2.26. The normalized spacial score (nSPS) is 23.0. The van der Waals surface area contributed by atoms with Crippen LogP contribution in [-0.4, -0.2) is 25.2 Å². The molecule has 1 N–H and O–H groups in total.